The van der Waals surface area contributed by atoms with Gasteiger partial charge in [0, 0.05) is 25.6 Å². The van der Waals surface area contributed by atoms with Crippen molar-refractivity contribution in [3.05, 3.63) is 65.9 Å². The van der Waals surface area contributed by atoms with Crippen molar-refractivity contribution in [2.24, 2.45) is 5.92 Å². The molecule has 1 atom stereocenters. The third-order valence-corrected chi connectivity index (χ3v) is 6.73. The van der Waals surface area contributed by atoms with Crippen LogP contribution >= 0.6 is 0 Å². The van der Waals surface area contributed by atoms with Crippen molar-refractivity contribution in [1.82, 2.24) is 15.4 Å². The van der Waals surface area contributed by atoms with Gasteiger partial charge in [0.15, 0.2) is 11.5 Å². The van der Waals surface area contributed by atoms with Crippen LogP contribution in [0, 0.1) is 5.92 Å². The van der Waals surface area contributed by atoms with E-state index in [9.17, 15) is 14.4 Å². The number of carbonyl (C=O) groups excluding carboxylic acids is 3. The third-order valence-electron chi connectivity index (χ3n) is 6.73. The van der Waals surface area contributed by atoms with E-state index >= 15 is 0 Å². The smallest absolute Gasteiger partial charge is 0.309 e. The van der Waals surface area contributed by atoms with E-state index < -0.39 is 11.9 Å². The second-order valence-electron chi connectivity index (χ2n) is 9.21. The van der Waals surface area contributed by atoms with Crippen molar-refractivity contribution < 1.29 is 33.1 Å². The quantitative estimate of drug-likeness (QED) is 0.392. The predicted octanol–water partition coefficient (Wildman–Crippen LogP) is 3.50. The van der Waals surface area contributed by atoms with Crippen molar-refractivity contribution >= 4 is 17.8 Å². The summed E-state index contributed by atoms with van der Waals surface area (Å²) in [5.74, 6) is 0.236. The van der Waals surface area contributed by atoms with E-state index in [1.165, 1.54) is 13.2 Å². The lowest BCUT2D eigenvalue weighted by Gasteiger charge is -2.33. The van der Waals surface area contributed by atoms with Gasteiger partial charge < -0.3 is 29.0 Å². The number of carbonyl (C=O) groups is 3. The molecule has 1 aliphatic rings. The molecular formula is C29H33N3O7. The molecule has 1 aromatic heterocycles. The van der Waals surface area contributed by atoms with Gasteiger partial charge in [0.25, 0.3) is 5.91 Å². The largest absolute Gasteiger partial charge is 0.497 e. The minimum atomic E-state index is -0.828. The number of methoxy groups -OCH3 is 2. The van der Waals surface area contributed by atoms with E-state index in [0.29, 0.717) is 61.8 Å². The first kappa shape index (κ1) is 27.7. The summed E-state index contributed by atoms with van der Waals surface area (Å²) in [6.45, 7) is 2.93. The molecule has 1 N–H and O–H groups in total. The molecule has 1 fully saturated rings. The van der Waals surface area contributed by atoms with E-state index in [2.05, 4.69) is 10.5 Å². The Balaban J connectivity index is 1.50. The molecule has 10 nitrogen and oxygen atoms in total. The summed E-state index contributed by atoms with van der Waals surface area (Å²) in [6, 6.07) is 15.4. The van der Waals surface area contributed by atoms with Gasteiger partial charge in [-0.1, -0.05) is 35.5 Å². The summed E-state index contributed by atoms with van der Waals surface area (Å²) in [5, 5.41) is 6.79. The van der Waals surface area contributed by atoms with Crippen molar-refractivity contribution in [2.75, 3.05) is 33.9 Å². The van der Waals surface area contributed by atoms with Gasteiger partial charge in [0.2, 0.25) is 5.91 Å². The van der Waals surface area contributed by atoms with Crippen LogP contribution in [0.15, 0.2) is 59.1 Å². The zero-order valence-electron chi connectivity index (χ0n) is 22.3. The molecule has 1 aliphatic heterocycles. The predicted molar refractivity (Wildman–Crippen MR) is 142 cm³/mol. The number of nitrogens with zero attached hydrogens (tertiary/aromatic N) is 2. The first-order valence-electron chi connectivity index (χ1n) is 12.9. The van der Waals surface area contributed by atoms with Gasteiger partial charge in [-0.3, -0.25) is 14.4 Å². The number of nitrogens with one attached hydrogen (secondary N) is 1. The molecule has 2 amide bonds. The first-order chi connectivity index (χ1) is 18.9. The van der Waals surface area contributed by atoms with E-state index in [0.717, 1.165) is 5.56 Å². The Morgan fingerprint density at radius 2 is 1.79 bits per heavy atom. The van der Waals surface area contributed by atoms with E-state index in [4.69, 9.17) is 18.7 Å². The Hall–Kier alpha value is -4.34. The average molecular weight is 536 g/mol. The summed E-state index contributed by atoms with van der Waals surface area (Å²) in [7, 11) is 3.08. The highest BCUT2D eigenvalue weighted by Crippen LogP contribution is 2.33. The van der Waals surface area contributed by atoms with Crippen molar-refractivity contribution in [2.45, 2.75) is 32.2 Å². The van der Waals surface area contributed by atoms with Gasteiger partial charge in [-0.25, -0.2) is 0 Å². The molecule has 0 spiro atoms. The van der Waals surface area contributed by atoms with Gasteiger partial charge in [0.05, 0.1) is 32.3 Å². The normalized spacial score (nSPS) is 14.4. The summed E-state index contributed by atoms with van der Waals surface area (Å²) in [4.78, 5) is 40.6. The highest BCUT2D eigenvalue weighted by molar-refractivity contribution is 5.97. The zero-order chi connectivity index (χ0) is 27.8. The highest BCUT2D eigenvalue weighted by Gasteiger charge is 2.33. The number of likely N-dealkylation sites (tertiary alicyclic amines) is 1. The second-order valence-corrected chi connectivity index (χ2v) is 9.21. The van der Waals surface area contributed by atoms with Crippen LogP contribution in [0.25, 0.3) is 11.3 Å². The van der Waals surface area contributed by atoms with Crippen LogP contribution in [-0.2, 0) is 20.7 Å². The van der Waals surface area contributed by atoms with Gasteiger partial charge in [-0.2, -0.15) is 0 Å². The molecule has 2 aromatic carbocycles. The number of hydrogen-bond donors (Lipinski definition) is 1. The minimum Gasteiger partial charge on any atom is -0.497 e. The number of esters is 1. The first-order valence-corrected chi connectivity index (χ1v) is 12.9. The fourth-order valence-corrected chi connectivity index (χ4v) is 4.61. The van der Waals surface area contributed by atoms with Crippen LogP contribution in [0.3, 0.4) is 0 Å². The molecule has 0 aliphatic carbocycles. The van der Waals surface area contributed by atoms with Crippen LogP contribution in [0.1, 0.15) is 35.8 Å². The molecule has 2 heterocycles. The fraction of sp³-hybridized carbons (Fsp3) is 0.379. The van der Waals surface area contributed by atoms with E-state index in [1.807, 2.05) is 30.3 Å². The maximum absolute atomic E-state index is 13.6. The fourth-order valence-electron chi connectivity index (χ4n) is 4.61. The molecule has 39 heavy (non-hydrogen) atoms. The molecule has 1 saturated heterocycles. The van der Waals surface area contributed by atoms with Crippen molar-refractivity contribution in [3.8, 4) is 22.8 Å². The molecule has 206 valence electrons. The number of rotatable bonds is 10. The average Bonchev–Trinajstić information content (AvgIpc) is 3.47. The molecule has 0 unspecified atom stereocenters. The standard InChI is InChI=1S/C29H33N3O7/c1-4-38-29(35)20-12-14-32(15-13-20)28(34)24(16-19-8-6-5-7-9-19)30-27(33)23-18-26(39-31-23)22-17-21(36-2)10-11-25(22)37-3/h5-11,17-18,20,24H,4,12-16H2,1-3H3,(H,30,33)/t24-/m0/s1. The van der Waals surface area contributed by atoms with Gasteiger partial charge in [-0.15, -0.1) is 0 Å². The SMILES string of the molecule is CCOC(=O)C1CCN(C(=O)[C@H](Cc2ccccc2)NC(=O)c2cc(-c3cc(OC)ccc3OC)on2)CC1. The van der Waals surface area contributed by atoms with Gasteiger partial charge >= 0.3 is 5.97 Å². The van der Waals surface area contributed by atoms with Gasteiger partial charge in [-0.05, 0) is 43.5 Å². The minimum absolute atomic E-state index is 0.0294. The molecule has 0 bridgehead atoms. The van der Waals surface area contributed by atoms with Crippen LogP contribution in [0.4, 0.5) is 0 Å². The highest BCUT2D eigenvalue weighted by atomic mass is 16.5. The van der Waals surface area contributed by atoms with E-state index in [-0.39, 0.29) is 23.5 Å². The number of ether oxygens (including phenoxy) is 3. The Bertz CT molecular complexity index is 1280. The molecule has 4 rings (SSSR count). The number of piperidine rings is 1. The zero-order valence-corrected chi connectivity index (χ0v) is 22.3. The maximum atomic E-state index is 13.6. The lowest BCUT2D eigenvalue weighted by molar-refractivity contribution is -0.151. The monoisotopic (exact) mass is 535 g/mol. The van der Waals surface area contributed by atoms with Crippen LogP contribution in [0.5, 0.6) is 11.5 Å². The van der Waals surface area contributed by atoms with Crippen molar-refractivity contribution in [3.63, 3.8) is 0 Å². The lowest BCUT2D eigenvalue weighted by Crippen LogP contribution is -2.52. The van der Waals surface area contributed by atoms with E-state index in [1.54, 1.807) is 37.1 Å². The molecule has 0 saturated carbocycles. The van der Waals surface area contributed by atoms with Gasteiger partial charge in [0.1, 0.15) is 17.5 Å². The Morgan fingerprint density at radius 1 is 1.05 bits per heavy atom. The number of benzene rings is 2. The maximum Gasteiger partial charge on any atom is 0.309 e. The number of amides is 2. The number of hydrogen-bond acceptors (Lipinski definition) is 8. The third kappa shape index (κ3) is 6.76. The Morgan fingerprint density at radius 3 is 2.46 bits per heavy atom. The van der Waals surface area contributed by atoms with Crippen LogP contribution in [-0.4, -0.2) is 67.8 Å². The van der Waals surface area contributed by atoms with Crippen molar-refractivity contribution in [1.29, 1.82) is 0 Å². The Kier molecular flexibility index (Phi) is 9.19. The summed E-state index contributed by atoms with van der Waals surface area (Å²) >= 11 is 0. The molecule has 10 heteroatoms. The van der Waals surface area contributed by atoms with Crippen LogP contribution < -0.4 is 14.8 Å². The number of aromatic nitrogens is 1. The molecule has 3 aromatic rings. The molecular weight excluding hydrogens is 502 g/mol. The van der Waals surface area contributed by atoms with Crippen LogP contribution in [0.2, 0.25) is 0 Å². The summed E-state index contributed by atoms with van der Waals surface area (Å²) in [5.41, 5.74) is 1.51. The second kappa shape index (κ2) is 12.9. The summed E-state index contributed by atoms with van der Waals surface area (Å²) < 4.78 is 21.3. The summed E-state index contributed by atoms with van der Waals surface area (Å²) in [6.07, 6.45) is 1.34. The topological polar surface area (TPSA) is 120 Å². The molecule has 0 radical (unpaired) electrons. The lowest BCUT2D eigenvalue weighted by atomic mass is 9.95. The Labute approximate surface area is 227 Å².